The lowest BCUT2D eigenvalue weighted by Gasteiger charge is -2.23. The van der Waals surface area contributed by atoms with Crippen LogP contribution in [0.5, 0.6) is 0 Å². The molecule has 1 aromatic carbocycles. The lowest BCUT2D eigenvalue weighted by atomic mass is 9.97. The van der Waals surface area contributed by atoms with Crippen molar-refractivity contribution in [1.82, 2.24) is 9.62 Å². The molecular formula is C17H28ClN3O3S. The normalized spacial score (nSPS) is 15.7. The van der Waals surface area contributed by atoms with Gasteiger partial charge >= 0.3 is 0 Å². The van der Waals surface area contributed by atoms with Crippen LogP contribution < -0.4 is 10.6 Å². The van der Waals surface area contributed by atoms with Crippen molar-refractivity contribution in [3.63, 3.8) is 0 Å². The van der Waals surface area contributed by atoms with Crippen molar-refractivity contribution in [2.24, 2.45) is 5.92 Å². The first-order chi connectivity index (χ1) is 11.4. The molecule has 0 atom stereocenters. The van der Waals surface area contributed by atoms with Gasteiger partial charge in [0.25, 0.3) is 0 Å². The van der Waals surface area contributed by atoms with Gasteiger partial charge in [-0.15, -0.1) is 12.4 Å². The number of sulfonamides is 1. The Bertz CT molecular complexity index is 684. The quantitative estimate of drug-likeness (QED) is 0.782. The fourth-order valence-corrected chi connectivity index (χ4v) is 4.70. The summed E-state index contributed by atoms with van der Waals surface area (Å²) in [6.07, 6.45) is 1.62. The highest BCUT2D eigenvalue weighted by atomic mass is 35.5. The van der Waals surface area contributed by atoms with Gasteiger partial charge in [0.05, 0.1) is 4.90 Å². The minimum atomic E-state index is -3.54. The number of aryl methyl sites for hydroxylation is 1. The maximum Gasteiger partial charge on any atom is 0.243 e. The van der Waals surface area contributed by atoms with Crippen molar-refractivity contribution in [3.05, 3.63) is 23.8 Å². The molecule has 0 aromatic heterocycles. The van der Waals surface area contributed by atoms with Crippen molar-refractivity contribution in [2.75, 3.05) is 31.5 Å². The zero-order valence-electron chi connectivity index (χ0n) is 15.0. The standard InChI is InChI=1S/C17H27N3O3S.ClH/c1-4-20(5-2)24(22,23)16-12-15(7-6-13(16)3)19-17(21)14-8-10-18-11-9-14;/h6-7,12,14,18H,4-5,8-11H2,1-3H3,(H,19,21);1H. The van der Waals surface area contributed by atoms with E-state index in [0.717, 1.165) is 25.9 Å². The Morgan fingerprint density at radius 3 is 2.40 bits per heavy atom. The summed E-state index contributed by atoms with van der Waals surface area (Å²) in [6, 6.07) is 5.08. The summed E-state index contributed by atoms with van der Waals surface area (Å²) < 4.78 is 26.9. The average Bonchev–Trinajstić information content (AvgIpc) is 2.58. The molecule has 0 spiro atoms. The highest BCUT2D eigenvalue weighted by molar-refractivity contribution is 7.89. The number of carbonyl (C=O) groups is 1. The Hall–Kier alpha value is -1.15. The third kappa shape index (κ3) is 5.17. The smallest absolute Gasteiger partial charge is 0.243 e. The van der Waals surface area contributed by atoms with Crippen LogP contribution in [0.25, 0.3) is 0 Å². The SMILES string of the molecule is CCN(CC)S(=O)(=O)c1cc(NC(=O)C2CCNCC2)ccc1C.Cl. The summed E-state index contributed by atoms with van der Waals surface area (Å²) in [4.78, 5) is 12.6. The summed E-state index contributed by atoms with van der Waals surface area (Å²) in [7, 11) is -3.54. The summed E-state index contributed by atoms with van der Waals surface area (Å²) in [5.41, 5.74) is 1.22. The summed E-state index contributed by atoms with van der Waals surface area (Å²) in [5, 5.41) is 6.11. The molecule has 8 heteroatoms. The number of piperidine rings is 1. The maximum atomic E-state index is 12.8. The fraction of sp³-hybridized carbons (Fsp3) is 0.588. The second kappa shape index (κ2) is 9.52. The maximum absolute atomic E-state index is 12.8. The molecule has 2 rings (SSSR count). The van der Waals surface area contributed by atoms with Gasteiger partial charge in [0.15, 0.2) is 0 Å². The Labute approximate surface area is 156 Å². The molecular weight excluding hydrogens is 362 g/mol. The lowest BCUT2D eigenvalue weighted by molar-refractivity contribution is -0.120. The van der Waals surface area contributed by atoms with E-state index in [9.17, 15) is 13.2 Å². The second-order valence-electron chi connectivity index (χ2n) is 6.08. The van der Waals surface area contributed by atoms with Gasteiger partial charge < -0.3 is 10.6 Å². The van der Waals surface area contributed by atoms with E-state index in [1.54, 1.807) is 25.1 Å². The monoisotopic (exact) mass is 389 g/mol. The van der Waals surface area contributed by atoms with Crippen LogP contribution in [0.15, 0.2) is 23.1 Å². The van der Waals surface area contributed by atoms with Crippen LogP contribution in [-0.4, -0.2) is 44.8 Å². The van der Waals surface area contributed by atoms with E-state index in [2.05, 4.69) is 10.6 Å². The molecule has 0 aliphatic carbocycles. The van der Waals surface area contributed by atoms with Crippen molar-refractivity contribution >= 4 is 34.0 Å². The second-order valence-corrected chi connectivity index (χ2v) is 7.99. The number of nitrogens with one attached hydrogen (secondary N) is 2. The summed E-state index contributed by atoms with van der Waals surface area (Å²) in [6.45, 7) is 7.93. The van der Waals surface area contributed by atoms with E-state index in [1.165, 1.54) is 4.31 Å². The molecule has 0 unspecified atom stereocenters. The van der Waals surface area contributed by atoms with Crippen LogP contribution in [0, 0.1) is 12.8 Å². The van der Waals surface area contributed by atoms with Gasteiger partial charge in [-0.3, -0.25) is 4.79 Å². The molecule has 0 bridgehead atoms. The Balaban J connectivity index is 0.00000312. The minimum absolute atomic E-state index is 0. The van der Waals surface area contributed by atoms with Crippen molar-refractivity contribution in [1.29, 1.82) is 0 Å². The fourth-order valence-electron chi connectivity index (χ4n) is 2.99. The van der Waals surface area contributed by atoms with E-state index >= 15 is 0 Å². The predicted octanol–water partition coefficient (Wildman–Crippen LogP) is 2.39. The highest BCUT2D eigenvalue weighted by Crippen LogP contribution is 2.24. The number of amides is 1. The van der Waals surface area contributed by atoms with Gasteiger partial charge in [-0.2, -0.15) is 4.31 Å². The van der Waals surface area contributed by atoms with E-state index in [-0.39, 0.29) is 29.1 Å². The number of halogens is 1. The Morgan fingerprint density at radius 1 is 1.24 bits per heavy atom. The van der Waals surface area contributed by atoms with E-state index in [1.807, 2.05) is 13.8 Å². The molecule has 0 saturated carbocycles. The van der Waals surface area contributed by atoms with Gasteiger partial charge in [0, 0.05) is 24.7 Å². The molecule has 25 heavy (non-hydrogen) atoms. The zero-order valence-corrected chi connectivity index (χ0v) is 16.7. The topological polar surface area (TPSA) is 78.5 Å². The molecule has 1 aliphatic heterocycles. The van der Waals surface area contributed by atoms with Gasteiger partial charge in [0.1, 0.15) is 0 Å². The number of rotatable bonds is 6. The number of nitrogens with zero attached hydrogens (tertiary/aromatic N) is 1. The highest BCUT2D eigenvalue weighted by Gasteiger charge is 2.25. The van der Waals surface area contributed by atoms with Crippen molar-refractivity contribution in [2.45, 2.75) is 38.5 Å². The number of hydrogen-bond acceptors (Lipinski definition) is 4. The van der Waals surface area contributed by atoms with Gasteiger partial charge in [-0.25, -0.2) is 8.42 Å². The molecule has 1 aliphatic rings. The third-order valence-corrected chi connectivity index (χ3v) is 6.68. The number of carbonyl (C=O) groups excluding carboxylic acids is 1. The summed E-state index contributed by atoms with van der Waals surface area (Å²) in [5.74, 6) is -0.0538. The lowest BCUT2D eigenvalue weighted by Crippen LogP contribution is -2.34. The molecule has 1 fully saturated rings. The Morgan fingerprint density at radius 2 is 1.84 bits per heavy atom. The average molecular weight is 390 g/mol. The van der Waals surface area contributed by atoms with Crippen LogP contribution in [0.1, 0.15) is 32.3 Å². The number of hydrogen-bond donors (Lipinski definition) is 2. The number of anilines is 1. The van der Waals surface area contributed by atoms with Crippen LogP contribution in [-0.2, 0) is 14.8 Å². The molecule has 6 nitrogen and oxygen atoms in total. The molecule has 1 saturated heterocycles. The van der Waals surface area contributed by atoms with E-state index in [0.29, 0.717) is 24.3 Å². The zero-order chi connectivity index (χ0) is 17.7. The van der Waals surface area contributed by atoms with Gasteiger partial charge in [0.2, 0.25) is 15.9 Å². The van der Waals surface area contributed by atoms with Gasteiger partial charge in [-0.1, -0.05) is 19.9 Å². The van der Waals surface area contributed by atoms with Crippen LogP contribution in [0.3, 0.4) is 0 Å². The third-order valence-electron chi connectivity index (χ3n) is 4.49. The minimum Gasteiger partial charge on any atom is -0.326 e. The van der Waals surface area contributed by atoms with E-state index < -0.39 is 10.0 Å². The van der Waals surface area contributed by atoms with Crippen LogP contribution in [0.4, 0.5) is 5.69 Å². The largest absolute Gasteiger partial charge is 0.326 e. The molecule has 1 heterocycles. The van der Waals surface area contributed by atoms with Gasteiger partial charge in [-0.05, 0) is 50.6 Å². The first-order valence-corrected chi connectivity index (χ1v) is 9.96. The van der Waals surface area contributed by atoms with Crippen LogP contribution >= 0.6 is 12.4 Å². The molecule has 1 amide bonds. The van der Waals surface area contributed by atoms with Crippen molar-refractivity contribution < 1.29 is 13.2 Å². The molecule has 1 aromatic rings. The van der Waals surface area contributed by atoms with Crippen molar-refractivity contribution in [3.8, 4) is 0 Å². The first kappa shape index (κ1) is 21.9. The predicted molar refractivity (Wildman–Crippen MR) is 103 cm³/mol. The van der Waals surface area contributed by atoms with Crippen LogP contribution in [0.2, 0.25) is 0 Å². The molecule has 2 N–H and O–H groups in total. The number of benzene rings is 1. The summed E-state index contributed by atoms with van der Waals surface area (Å²) >= 11 is 0. The molecule has 0 radical (unpaired) electrons. The molecule has 142 valence electrons. The first-order valence-electron chi connectivity index (χ1n) is 8.52. The van der Waals surface area contributed by atoms with E-state index in [4.69, 9.17) is 0 Å². The Kier molecular flexibility index (Phi) is 8.34.